The fourth-order valence-corrected chi connectivity index (χ4v) is 3.90. The number of pyridine rings is 1. The van der Waals surface area contributed by atoms with E-state index in [2.05, 4.69) is 30.7 Å². The Morgan fingerprint density at radius 2 is 1.97 bits per heavy atom. The summed E-state index contributed by atoms with van der Waals surface area (Å²) < 4.78 is 27.0. The summed E-state index contributed by atoms with van der Waals surface area (Å²) in [6, 6.07) is 2.64. The van der Waals surface area contributed by atoms with Crippen LogP contribution in [0, 0.1) is 12.8 Å². The van der Waals surface area contributed by atoms with E-state index in [0.717, 1.165) is 11.1 Å². The van der Waals surface area contributed by atoms with Crippen molar-refractivity contribution in [3.63, 3.8) is 0 Å². The number of likely N-dealkylation sites (N-methyl/N-ethyl adjacent to an activating group) is 1. The monoisotopic (exact) mass is 456 g/mol. The lowest BCUT2D eigenvalue weighted by atomic mass is 9.99. The summed E-state index contributed by atoms with van der Waals surface area (Å²) in [7, 11) is 1.87. The molecule has 1 unspecified atom stereocenters. The van der Waals surface area contributed by atoms with Gasteiger partial charge < -0.3 is 15.5 Å². The minimum Gasteiger partial charge on any atom is -0.350 e. The van der Waals surface area contributed by atoms with Gasteiger partial charge >= 0.3 is 0 Å². The standard InChI is InChI=1S/C22H26F2N8O/c1-12(2)18-21(33)29-17-13(3)28-22(30-20(17)31(18)4)26-8-15-9-27-32(11-15)10-14-5-6-16(19(23)24)25-7-14/h5-7,9,11-12,18-19H,8,10H2,1-4H3,(H,29,33)(H,26,28,30). The summed E-state index contributed by atoms with van der Waals surface area (Å²) >= 11 is 0. The highest BCUT2D eigenvalue weighted by atomic mass is 19.3. The number of amides is 1. The molecular formula is C22H26F2N8O. The highest BCUT2D eigenvalue weighted by molar-refractivity contribution is 6.03. The van der Waals surface area contributed by atoms with Gasteiger partial charge in [-0.2, -0.15) is 10.1 Å². The highest BCUT2D eigenvalue weighted by Gasteiger charge is 2.35. The first-order valence-corrected chi connectivity index (χ1v) is 10.6. The van der Waals surface area contributed by atoms with Gasteiger partial charge in [-0.3, -0.25) is 14.5 Å². The largest absolute Gasteiger partial charge is 0.350 e. The number of halogens is 2. The van der Waals surface area contributed by atoms with Crippen LogP contribution in [-0.4, -0.2) is 43.7 Å². The van der Waals surface area contributed by atoms with E-state index < -0.39 is 6.43 Å². The molecule has 3 aromatic heterocycles. The lowest BCUT2D eigenvalue weighted by Gasteiger charge is -2.36. The molecule has 174 valence electrons. The molecule has 4 heterocycles. The van der Waals surface area contributed by atoms with Gasteiger partial charge in [0.2, 0.25) is 11.9 Å². The van der Waals surface area contributed by atoms with Gasteiger partial charge in [-0.15, -0.1) is 0 Å². The third-order valence-electron chi connectivity index (χ3n) is 5.52. The van der Waals surface area contributed by atoms with Crippen molar-refractivity contribution >= 4 is 23.4 Å². The van der Waals surface area contributed by atoms with Gasteiger partial charge in [0.05, 0.1) is 18.4 Å². The van der Waals surface area contributed by atoms with Crippen LogP contribution in [-0.2, 0) is 17.9 Å². The van der Waals surface area contributed by atoms with E-state index in [-0.39, 0.29) is 23.6 Å². The van der Waals surface area contributed by atoms with Gasteiger partial charge in [0.25, 0.3) is 6.43 Å². The Labute approximate surface area is 190 Å². The van der Waals surface area contributed by atoms with E-state index in [9.17, 15) is 13.6 Å². The Bertz CT molecular complexity index is 1150. The van der Waals surface area contributed by atoms with Crippen molar-refractivity contribution in [3.8, 4) is 0 Å². The number of anilines is 3. The number of rotatable bonds is 7. The molecular weight excluding hydrogens is 430 g/mol. The number of carbonyl (C=O) groups is 1. The van der Waals surface area contributed by atoms with Gasteiger partial charge in [-0.1, -0.05) is 19.9 Å². The van der Waals surface area contributed by atoms with Crippen LogP contribution >= 0.6 is 0 Å². The predicted octanol–water partition coefficient (Wildman–Crippen LogP) is 3.39. The van der Waals surface area contributed by atoms with Crippen LogP contribution in [0.2, 0.25) is 0 Å². The average molecular weight is 457 g/mol. The molecule has 0 aliphatic carbocycles. The van der Waals surface area contributed by atoms with Crippen molar-refractivity contribution in [2.24, 2.45) is 5.92 Å². The van der Waals surface area contributed by atoms with Gasteiger partial charge in [0.15, 0.2) is 5.82 Å². The summed E-state index contributed by atoms with van der Waals surface area (Å²) in [4.78, 5) is 27.2. The molecule has 0 aromatic carbocycles. The molecule has 33 heavy (non-hydrogen) atoms. The number of hydrogen-bond acceptors (Lipinski definition) is 7. The Morgan fingerprint density at radius 1 is 1.18 bits per heavy atom. The first-order chi connectivity index (χ1) is 15.7. The molecule has 3 aromatic rings. The van der Waals surface area contributed by atoms with Crippen LogP contribution in [0.3, 0.4) is 0 Å². The fourth-order valence-electron chi connectivity index (χ4n) is 3.90. The molecule has 1 atom stereocenters. The van der Waals surface area contributed by atoms with E-state index in [4.69, 9.17) is 0 Å². The lowest BCUT2D eigenvalue weighted by molar-refractivity contribution is -0.118. The van der Waals surface area contributed by atoms with Crippen LogP contribution in [0.1, 0.15) is 42.8 Å². The van der Waals surface area contributed by atoms with Crippen molar-refractivity contribution in [1.82, 2.24) is 24.7 Å². The zero-order valence-electron chi connectivity index (χ0n) is 18.9. The fraction of sp³-hybridized carbons (Fsp3) is 0.409. The Kier molecular flexibility index (Phi) is 6.21. The summed E-state index contributed by atoms with van der Waals surface area (Å²) in [5.74, 6) is 1.20. The molecule has 9 nitrogen and oxygen atoms in total. The number of nitrogens with zero attached hydrogens (tertiary/aromatic N) is 6. The molecule has 1 aliphatic rings. The van der Waals surface area contributed by atoms with Gasteiger partial charge in [-0.05, 0) is 24.5 Å². The Morgan fingerprint density at radius 3 is 2.64 bits per heavy atom. The van der Waals surface area contributed by atoms with Crippen molar-refractivity contribution < 1.29 is 13.6 Å². The summed E-state index contributed by atoms with van der Waals surface area (Å²) in [6.07, 6.45) is 2.44. The second kappa shape index (κ2) is 9.08. The minimum absolute atomic E-state index is 0.0566. The third kappa shape index (κ3) is 4.76. The zero-order chi connectivity index (χ0) is 23.7. The summed E-state index contributed by atoms with van der Waals surface area (Å²) in [5.41, 5.74) is 2.76. The van der Waals surface area contributed by atoms with Gasteiger partial charge in [0.1, 0.15) is 17.4 Å². The van der Waals surface area contributed by atoms with E-state index in [1.54, 1.807) is 16.9 Å². The predicted molar refractivity (Wildman–Crippen MR) is 120 cm³/mol. The molecule has 2 N–H and O–H groups in total. The first-order valence-electron chi connectivity index (χ1n) is 10.6. The number of alkyl halides is 2. The number of aryl methyl sites for hydroxylation is 1. The van der Waals surface area contributed by atoms with Crippen molar-refractivity contribution in [2.75, 3.05) is 22.6 Å². The number of fused-ring (bicyclic) bond motifs is 1. The minimum atomic E-state index is -2.58. The molecule has 1 amide bonds. The molecule has 0 spiro atoms. The molecule has 0 radical (unpaired) electrons. The topological polar surface area (TPSA) is 101 Å². The third-order valence-corrected chi connectivity index (χ3v) is 5.52. The van der Waals surface area contributed by atoms with E-state index in [1.165, 1.54) is 12.3 Å². The number of carbonyl (C=O) groups excluding carboxylic acids is 1. The van der Waals surface area contributed by atoms with Gasteiger partial charge in [-0.25, -0.2) is 13.8 Å². The average Bonchev–Trinajstić information content (AvgIpc) is 3.20. The molecule has 4 rings (SSSR count). The SMILES string of the molecule is Cc1nc(NCc2cnn(Cc3ccc(C(F)F)nc3)c2)nc2c1NC(=O)C(C(C)C)N2C. The smallest absolute Gasteiger partial charge is 0.280 e. The molecule has 0 fully saturated rings. The van der Waals surface area contributed by atoms with E-state index in [0.29, 0.717) is 36.2 Å². The van der Waals surface area contributed by atoms with E-state index in [1.807, 2.05) is 38.9 Å². The van der Waals surface area contributed by atoms with Crippen LogP contribution in [0.5, 0.6) is 0 Å². The molecule has 1 aliphatic heterocycles. The van der Waals surface area contributed by atoms with Crippen molar-refractivity contribution in [3.05, 3.63) is 53.2 Å². The van der Waals surface area contributed by atoms with Gasteiger partial charge in [0, 0.05) is 31.5 Å². The molecule has 0 bridgehead atoms. The normalized spacial score (nSPS) is 15.7. The number of aromatic nitrogens is 5. The number of hydrogen-bond donors (Lipinski definition) is 2. The number of nitrogens with one attached hydrogen (secondary N) is 2. The summed E-state index contributed by atoms with van der Waals surface area (Å²) in [5, 5.41) is 10.5. The lowest BCUT2D eigenvalue weighted by Crippen LogP contribution is -2.49. The first kappa shape index (κ1) is 22.6. The summed E-state index contributed by atoms with van der Waals surface area (Å²) in [6.45, 7) is 6.71. The zero-order valence-corrected chi connectivity index (χ0v) is 18.9. The maximum Gasteiger partial charge on any atom is 0.280 e. The van der Waals surface area contributed by atoms with E-state index >= 15 is 0 Å². The quantitative estimate of drug-likeness (QED) is 0.562. The van der Waals surface area contributed by atoms with Crippen LogP contribution in [0.25, 0.3) is 0 Å². The highest BCUT2D eigenvalue weighted by Crippen LogP contribution is 2.34. The molecule has 11 heteroatoms. The maximum absolute atomic E-state index is 12.6. The second-order valence-electron chi connectivity index (χ2n) is 8.41. The van der Waals surface area contributed by atoms with Crippen LogP contribution in [0.15, 0.2) is 30.7 Å². The van der Waals surface area contributed by atoms with Crippen LogP contribution < -0.4 is 15.5 Å². The van der Waals surface area contributed by atoms with Crippen molar-refractivity contribution in [1.29, 1.82) is 0 Å². The maximum atomic E-state index is 12.6. The van der Waals surface area contributed by atoms with Crippen LogP contribution in [0.4, 0.5) is 26.2 Å². The molecule has 0 saturated carbocycles. The molecule has 0 saturated heterocycles. The Balaban J connectivity index is 1.43. The second-order valence-corrected chi connectivity index (χ2v) is 8.41. The Hall–Kier alpha value is -3.63. The van der Waals surface area contributed by atoms with Crippen molar-refractivity contribution in [2.45, 2.75) is 46.3 Å².